The summed E-state index contributed by atoms with van der Waals surface area (Å²) in [5.74, 6) is -2.38. The number of carboxylic acids is 2. The van der Waals surface area contributed by atoms with Crippen LogP contribution in [0.2, 0.25) is 0 Å². The molecular weight excluding hydrogens is 471 g/mol. The predicted molar refractivity (Wildman–Crippen MR) is 70.9 cm³/mol. The number of aliphatic carboxylic acids is 2. The molecule has 1 aliphatic rings. The minimum atomic E-state index is -1.19. The maximum Gasteiger partial charge on any atom is 0.329 e. The molecule has 0 aromatic carbocycles. The van der Waals surface area contributed by atoms with Crippen molar-refractivity contribution in [3.63, 3.8) is 0 Å². The van der Waals surface area contributed by atoms with Gasteiger partial charge in [0.25, 0.3) is 0 Å². The molecule has 0 unspecified atom stereocenters. The van der Waals surface area contributed by atoms with E-state index in [9.17, 15) is 0 Å². The zero-order valence-electron chi connectivity index (χ0n) is 11.5. The molecule has 0 amide bonds. The van der Waals surface area contributed by atoms with Crippen molar-refractivity contribution in [3.8, 4) is 0 Å². The molecular formula is C10H26N2O8Pt. The van der Waals surface area contributed by atoms with Gasteiger partial charge in [-0.1, -0.05) is 19.3 Å². The summed E-state index contributed by atoms with van der Waals surface area (Å²) in [6.45, 7) is -1.56. The van der Waals surface area contributed by atoms with Gasteiger partial charge in [0.1, 0.15) is 13.2 Å². The van der Waals surface area contributed by atoms with Crippen molar-refractivity contribution in [3.05, 3.63) is 0 Å². The maximum atomic E-state index is 9.12. The van der Waals surface area contributed by atoms with Crippen molar-refractivity contribution in [2.24, 2.45) is 11.5 Å². The molecule has 0 saturated heterocycles. The molecule has 0 atom stereocenters. The number of rotatable bonds is 2. The molecule has 10 nitrogen and oxygen atoms in total. The first-order valence-corrected chi connectivity index (χ1v) is 5.48. The molecule has 1 rings (SSSR count). The molecule has 1 saturated carbocycles. The minimum Gasteiger partial charge on any atom is -0.480 e. The van der Waals surface area contributed by atoms with Crippen LogP contribution in [0.1, 0.15) is 32.1 Å². The second-order valence-electron chi connectivity index (χ2n) is 3.90. The van der Waals surface area contributed by atoms with E-state index in [1.807, 2.05) is 0 Å². The van der Waals surface area contributed by atoms with Crippen LogP contribution < -0.4 is 11.5 Å². The van der Waals surface area contributed by atoms with E-state index in [0.29, 0.717) is 0 Å². The SMILES string of the molecule is NC1(N)CCCCC1.O.O.O=C(O)CO.O=C(O)CO.[Pt]. The van der Waals surface area contributed by atoms with Crippen molar-refractivity contribution in [2.75, 3.05) is 13.2 Å². The van der Waals surface area contributed by atoms with Crippen LogP contribution in [0.4, 0.5) is 0 Å². The molecule has 21 heavy (non-hydrogen) atoms. The third-order valence-electron chi connectivity index (χ3n) is 2.05. The summed E-state index contributed by atoms with van der Waals surface area (Å²) in [7, 11) is 0. The van der Waals surface area contributed by atoms with E-state index in [1.165, 1.54) is 19.3 Å². The summed E-state index contributed by atoms with van der Waals surface area (Å²) in [6.07, 6.45) is 5.76. The van der Waals surface area contributed by atoms with Crippen LogP contribution in [0.5, 0.6) is 0 Å². The Labute approximate surface area is 137 Å². The number of carbonyl (C=O) groups is 2. The molecule has 11 heteroatoms. The summed E-state index contributed by atoms with van der Waals surface area (Å²) in [4.78, 5) is 18.2. The van der Waals surface area contributed by atoms with Gasteiger partial charge in [0.15, 0.2) is 0 Å². The van der Waals surface area contributed by atoms with Crippen LogP contribution in [-0.4, -0.2) is 62.2 Å². The molecule has 12 N–H and O–H groups in total. The summed E-state index contributed by atoms with van der Waals surface area (Å²) < 4.78 is 0. The van der Waals surface area contributed by atoms with E-state index < -0.39 is 25.2 Å². The van der Waals surface area contributed by atoms with Crippen molar-refractivity contribution in [2.45, 2.75) is 37.8 Å². The number of aliphatic hydroxyl groups is 2. The van der Waals surface area contributed by atoms with E-state index in [0.717, 1.165) is 12.8 Å². The van der Waals surface area contributed by atoms with Crippen LogP contribution in [-0.2, 0) is 30.7 Å². The summed E-state index contributed by atoms with van der Waals surface area (Å²) >= 11 is 0. The first kappa shape index (κ1) is 32.4. The average molecular weight is 497 g/mol. The van der Waals surface area contributed by atoms with Gasteiger partial charge in [-0.3, -0.25) is 0 Å². The number of hydrogen-bond donors (Lipinski definition) is 6. The average Bonchev–Trinajstić information content (AvgIpc) is 2.30. The van der Waals surface area contributed by atoms with Crippen molar-refractivity contribution in [1.82, 2.24) is 0 Å². The quantitative estimate of drug-likeness (QED) is 0.215. The Balaban J connectivity index is -0.0000000595. The number of nitrogens with two attached hydrogens (primary N) is 2. The standard InChI is InChI=1S/C6H14N2.2C2H4O3.2H2O.Pt/c7-6(8)4-2-1-3-5-6;2*3-1-2(4)5;;;/h1-5,7-8H2;2*3H,1H2,(H,4,5);2*1H2;. The molecule has 1 aliphatic carbocycles. The largest absolute Gasteiger partial charge is 0.480 e. The van der Waals surface area contributed by atoms with E-state index in [2.05, 4.69) is 0 Å². The second-order valence-corrected chi connectivity index (χ2v) is 3.90. The fourth-order valence-electron chi connectivity index (χ4n) is 1.21. The van der Waals surface area contributed by atoms with Crippen LogP contribution in [0.25, 0.3) is 0 Å². The first-order chi connectivity index (χ1) is 8.25. The van der Waals surface area contributed by atoms with E-state index in [1.54, 1.807) is 0 Å². The van der Waals surface area contributed by atoms with Gasteiger partial charge in [-0.25, -0.2) is 9.59 Å². The van der Waals surface area contributed by atoms with Crippen molar-refractivity contribution >= 4 is 11.9 Å². The van der Waals surface area contributed by atoms with Gasteiger partial charge >= 0.3 is 11.9 Å². The zero-order valence-corrected chi connectivity index (χ0v) is 13.8. The van der Waals surface area contributed by atoms with E-state index in [-0.39, 0.29) is 37.7 Å². The molecule has 0 spiro atoms. The molecule has 0 aromatic rings. The topological polar surface area (TPSA) is 230 Å². The summed E-state index contributed by atoms with van der Waals surface area (Å²) in [5, 5.41) is 30.0. The Morgan fingerprint density at radius 2 is 1.10 bits per heavy atom. The third-order valence-corrected chi connectivity index (χ3v) is 2.05. The fraction of sp³-hybridized carbons (Fsp3) is 0.800. The van der Waals surface area contributed by atoms with Gasteiger partial charge < -0.3 is 42.8 Å². The molecule has 0 radical (unpaired) electrons. The van der Waals surface area contributed by atoms with Gasteiger partial charge in [-0.05, 0) is 12.8 Å². The smallest absolute Gasteiger partial charge is 0.329 e. The van der Waals surface area contributed by atoms with Crippen LogP contribution in [0.15, 0.2) is 0 Å². The van der Waals surface area contributed by atoms with Crippen molar-refractivity contribution < 1.29 is 62.0 Å². The Bertz CT molecular complexity index is 231. The van der Waals surface area contributed by atoms with Crippen LogP contribution in [0.3, 0.4) is 0 Å². The van der Waals surface area contributed by atoms with Gasteiger partial charge in [-0.15, -0.1) is 0 Å². The monoisotopic (exact) mass is 497 g/mol. The van der Waals surface area contributed by atoms with E-state index in [4.69, 9.17) is 41.5 Å². The Morgan fingerprint density at radius 3 is 1.19 bits per heavy atom. The molecule has 1 fully saturated rings. The summed E-state index contributed by atoms with van der Waals surface area (Å²) in [6, 6.07) is 0. The maximum absolute atomic E-state index is 9.12. The molecule has 0 heterocycles. The van der Waals surface area contributed by atoms with Crippen molar-refractivity contribution in [1.29, 1.82) is 0 Å². The Morgan fingerprint density at radius 1 is 0.857 bits per heavy atom. The van der Waals surface area contributed by atoms with Gasteiger partial charge in [0, 0.05) is 21.1 Å². The number of carboxylic acid groups (broad SMARTS) is 2. The second kappa shape index (κ2) is 19.4. The normalized spacial score (nSPS) is 14.1. The summed E-state index contributed by atoms with van der Waals surface area (Å²) in [5.41, 5.74) is 11.0. The van der Waals surface area contributed by atoms with Crippen LogP contribution in [0, 0.1) is 0 Å². The van der Waals surface area contributed by atoms with E-state index >= 15 is 0 Å². The van der Waals surface area contributed by atoms with Gasteiger partial charge in [0.05, 0.1) is 5.66 Å². The molecule has 0 aromatic heterocycles. The Kier molecular flexibility index (Phi) is 29.9. The zero-order chi connectivity index (χ0) is 14.6. The molecule has 0 bridgehead atoms. The number of hydrogen-bond acceptors (Lipinski definition) is 6. The fourth-order valence-corrected chi connectivity index (χ4v) is 1.21. The van der Waals surface area contributed by atoms with Crippen LogP contribution >= 0.6 is 0 Å². The third kappa shape index (κ3) is 32.7. The predicted octanol–water partition coefficient (Wildman–Crippen LogP) is -2.96. The Hall–Kier alpha value is -0.612. The molecule has 0 aliphatic heterocycles. The molecule has 134 valence electrons. The van der Waals surface area contributed by atoms with Gasteiger partial charge in [0.2, 0.25) is 0 Å². The van der Waals surface area contributed by atoms with Gasteiger partial charge in [-0.2, -0.15) is 0 Å². The number of aliphatic hydroxyl groups excluding tert-OH is 2. The minimum absolute atomic E-state index is 0. The first-order valence-electron chi connectivity index (χ1n) is 5.48.